The normalized spacial score (nSPS) is 12.0. The number of aliphatic hydroxyl groups is 1. The van der Waals surface area contributed by atoms with Crippen LogP contribution in [0.5, 0.6) is 11.5 Å². The smallest absolute Gasteiger partial charge is 0.133 e. The predicted molar refractivity (Wildman–Crippen MR) is 62.4 cm³/mol. The highest BCUT2D eigenvalue weighted by Crippen LogP contribution is 2.39. The summed E-state index contributed by atoms with van der Waals surface area (Å²) in [4.78, 5) is 0. The highest BCUT2D eigenvalue weighted by molar-refractivity contribution is 9.10. The Bertz CT molecular complexity index is 363. The Labute approximate surface area is 97.5 Å². The van der Waals surface area contributed by atoms with Gasteiger partial charge in [0.1, 0.15) is 17.6 Å². The summed E-state index contributed by atoms with van der Waals surface area (Å²) >= 11 is 3.36. The Morgan fingerprint density at radius 1 is 1.33 bits per heavy atom. The highest BCUT2D eigenvalue weighted by atomic mass is 79.9. The van der Waals surface area contributed by atoms with Crippen LogP contribution in [0.2, 0.25) is 0 Å². The van der Waals surface area contributed by atoms with Crippen LogP contribution in [0.4, 0.5) is 0 Å². The van der Waals surface area contributed by atoms with Crippen molar-refractivity contribution < 1.29 is 14.6 Å². The van der Waals surface area contributed by atoms with Crippen molar-refractivity contribution in [2.75, 3.05) is 14.2 Å². The fraction of sp³-hybridized carbons (Fsp3) is 0.273. The summed E-state index contributed by atoms with van der Waals surface area (Å²) in [5.74, 6) is 1.24. The van der Waals surface area contributed by atoms with E-state index < -0.39 is 6.10 Å². The van der Waals surface area contributed by atoms with E-state index in [1.165, 1.54) is 6.08 Å². The van der Waals surface area contributed by atoms with E-state index in [1.807, 2.05) is 0 Å². The molecule has 1 N–H and O–H groups in total. The third kappa shape index (κ3) is 2.33. The molecule has 0 bridgehead atoms. The van der Waals surface area contributed by atoms with Crippen LogP contribution in [-0.4, -0.2) is 19.3 Å². The lowest BCUT2D eigenvalue weighted by Gasteiger charge is -2.15. The molecule has 0 saturated heterocycles. The lowest BCUT2D eigenvalue weighted by molar-refractivity contribution is 0.221. The Morgan fingerprint density at radius 3 is 2.33 bits per heavy atom. The molecule has 3 nitrogen and oxygen atoms in total. The van der Waals surface area contributed by atoms with Crippen molar-refractivity contribution in [3.05, 3.63) is 34.8 Å². The molecule has 82 valence electrons. The molecule has 0 amide bonds. The molecule has 0 fully saturated rings. The molecule has 0 heterocycles. The summed E-state index contributed by atoms with van der Waals surface area (Å²) in [6, 6.07) is 3.51. The number of hydrogen-bond acceptors (Lipinski definition) is 3. The van der Waals surface area contributed by atoms with Crippen LogP contribution in [0, 0.1) is 0 Å². The largest absolute Gasteiger partial charge is 0.496 e. The maximum absolute atomic E-state index is 9.76. The van der Waals surface area contributed by atoms with Crippen LogP contribution >= 0.6 is 15.9 Å². The minimum Gasteiger partial charge on any atom is -0.496 e. The summed E-state index contributed by atoms with van der Waals surface area (Å²) in [5, 5.41) is 9.76. The van der Waals surface area contributed by atoms with E-state index >= 15 is 0 Å². The van der Waals surface area contributed by atoms with Gasteiger partial charge in [0.05, 0.1) is 18.7 Å². The molecule has 0 aliphatic carbocycles. The van der Waals surface area contributed by atoms with Crippen LogP contribution in [-0.2, 0) is 0 Å². The third-order valence-corrected chi connectivity index (χ3v) is 2.88. The van der Waals surface area contributed by atoms with Crippen LogP contribution in [0.3, 0.4) is 0 Å². The molecule has 0 radical (unpaired) electrons. The van der Waals surface area contributed by atoms with E-state index in [0.717, 1.165) is 0 Å². The van der Waals surface area contributed by atoms with E-state index in [4.69, 9.17) is 9.47 Å². The van der Waals surface area contributed by atoms with Crippen molar-refractivity contribution in [3.8, 4) is 11.5 Å². The molecule has 1 atom stereocenters. The summed E-state index contributed by atoms with van der Waals surface area (Å²) in [5.41, 5.74) is 0.617. The first-order chi connectivity index (χ1) is 7.15. The van der Waals surface area contributed by atoms with Gasteiger partial charge in [0.25, 0.3) is 0 Å². The maximum Gasteiger partial charge on any atom is 0.133 e. The monoisotopic (exact) mass is 272 g/mol. The molecule has 0 saturated carbocycles. The lowest BCUT2D eigenvalue weighted by atomic mass is 10.1. The molecular weight excluding hydrogens is 260 g/mol. The molecule has 15 heavy (non-hydrogen) atoms. The number of rotatable bonds is 4. The van der Waals surface area contributed by atoms with Gasteiger partial charge in [0.15, 0.2) is 0 Å². The zero-order chi connectivity index (χ0) is 11.4. The minimum absolute atomic E-state index is 0.593. The zero-order valence-electron chi connectivity index (χ0n) is 8.66. The van der Waals surface area contributed by atoms with Gasteiger partial charge in [-0.25, -0.2) is 0 Å². The van der Waals surface area contributed by atoms with E-state index in [2.05, 4.69) is 22.5 Å². The highest BCUT2D eigenvalue weighted by Gasteiger charge is 2.17. The summed E-state index contributed by atoms with van der Waals surface area (Å²) in [6.07, 6.45) is 0.645. The number of methoxy groups -OCH3 is 2. The number of benzene rings is 1. The second-order valence-electron chi connectivity index (χ2n) is 2.88. The van der Waals surface area contributed by atoms with Crippen molar-refractivity contribution in [2.24, 2.45) is 0 Å². The molecule has 1 aromatic rings. The van der Waals surface area contributed by atoms with Crippen molar-refractivity contribution >= 4 is 15.9 Å². The molecule has 0 unspecified atom stereocenters. The van der Waals surface area contributed by atoms with Crippen LogP contribution in [0.25, 0.3) is 0 Å². The van der Waals surface area contributed by atoms with Crippen molar-refractivity contribution in [2.45, 2.75) is 6.10 Å². The summed E-state index contributed by atoms with van der Waals surface area (Å²) < 4.78 is 11.0. The topological polar surface area (TPSA) is 38.7 Å². The molecule has 0 aliphatic heterocycles. The summed E-state index contributed by atoms with van der Waals surface area (Å²) in [7, 11) is 3.12. The molecular formula is C11H13BrO3. The zero-order valence-corrected chi connectivity index (χ0v) is 10.2. The van der Waals surface area contributed by atoms with Gasteiger partial charge >= 0.3 is 0 Å². The van der Waals surface area contributed by atoms with Gasteiger partial charge in [-0.2, -0.15) is 0 Å². The molecule has 0 aromatic heterocycles. The lowest BCUT2D eigenvalue weighted by Crippen LogP contribution is -2.00. The van der Waals surface area contributed by atoms with Crippen LogP contribution in [0.15, 0.2) is 29.3 Å². The van der Waals surface area contributed by atoms with Crippen molar-refractivity contribution in [1.29, 1.82) is 0 Å². The van der Waals surface area contributed by atoms with Gasteiger partial charge in [-0.1, -0.05) is 6.08 Å². The molecule has 4 heteroatoms. The Hall–Kier alpha value is -1.00. The Balaban J connectivity index is 3.35. The van der Waals surface area contributed by atoms with Gasteiger partial charge in [0, 0.05) is 5.56 Å². The molecule has 0 aliphatic rings. The van der Waals surface area contributed by atoms with Gasteiger partial charge in [-0.05, 0) is 28.1 Å². The van der Waals surface area contributed by atoms with E-state index in [9.17, 15) is 5.11 Å². The maximum atomic E-state index is 9.76. The second kappa shape index (κ2) is 5.19. The number of aliphatic hydroxyl groups excluding tert-OH is 1. The Morgan fingerprint density at radius 2 is 1.87 bits per heavy atom. The molecule has 1 rings (SSSR count). The van der Waals surface area contributed by atoms with Crippen LogP contribution < -0.4 is 9.47 Å². The van der Waals surface area contributed by atoms with E-state index in [1.54, 1.807) is 26.4 Å². The number of ether oxygens (including phenoxy) is 2. The fourth-order valence-corrected chi connectivity index (χ4v) is 2.01. The third-order valence-electron chi connectivity index (χ3n) is 2.06. The number of halogens is 1. The predicted octanol–water partition coefficient (Wildman–Crippen LogP) is 2.69. The van der Waals surface area contributed by atoms with Crippen molar-refractivity contribution in [3.63, 3.8) is 0 Å². The first kappa shape index (κ1) is 12.1. The van der Waals surface area contributed by atoms with E-state index in [0.29, 0.717) is 21.5 Å². The van der Waals surface area contributed by atoms with Gasteiger partial charge in [-0.15, -0.1) is 6.58 Å². The first-order valence-electron chi connectivity index (χ1n) is 4.36. The van der Waals surface area contributed by atoms with E-state index in [-0.39, 0.29) is 0 Å². The molecule has 0 spiro atoms. The van der Waals surface area contributed by atoms with Crippen molar-refractivity contribution in [1.82, 2.24) is 0 Å². The number of hydrogen-bond donors (Lipinski definition) is 1. The minimum atomic E-state index is -0.788. The van der Waals surface area contributed by atoms with Gasteiger partial charge < -0.3 is 14.6 Å². The SMILES string of the molecule is C=C[C@@H](O)c1c(OC)ccc(OC)c1Br. The Kier molecular flexibility index (Phi) is 4.17. The van der Waals surface area contributed by atoms with Gasteiger partial charge in [-0.3, -0.25) is 0 Å². The average molecular weight is 273 g/mol. The van der Waals surface area contributed by atoms with Crippen LogP contribution in [0.1, 0.15) is 11.7 Å². The fourth-order valence-electron chi connectivity index (χ4n) is 1.28. The summed E-state index contributed by atoms with van der Waals surface area (Å²) in [6.45, 7) is 3.54. The standard InChI is InChI=1S/C11H13BrO3/c1-4-7(13)10-8(14-2)5-6-9(15-3)11(10)12/h4-7,13H,1H2,2-3H3/t7-/m1/s1. The first-order valence-corrected chi connectivity index (χ1v) is 5.16. The molecule has 1 aromatic carbocycles. The second-order valence-corrected chi connectivity index (χ2v) is 3.67. The quantitative estimate of drug-likeness (QED) is 0.857. The average Bonchev–Trinajstić information content (AvgIpc) is 2.27. The van der Waals surface area contributed by atoms with Gasteiger partial charge in [0.2, 0.25) is 0 Å².